The Morgan fingerprint density at radius 1 is 1.46 bits per heavy atom. The number of carbonyl (C=O) groups is 1. The van der Waals surface area contributed by atoms with E-state index in [4.69, 9.17) is 28.9 Å². The average molecular weight is 224 g/mol. The van der Waals surface area contributed by atoms with Crippen molar-refractivity contribution in [3.63, 3.8) is 0 Å². The molecule has 0 amide bonds. The zero-order valence-electron chi connectivity index (χ0n) is 8.10. The summed E-state index contributed by atoms with van der Waals surface area (Å²) in [6.45, 7) is 5.23. The summed E-state index contributed by atoms with van der Waals surface area (Å²) in [5, 5.41) is 0. The molecule has 0 aromatic carbocycles. The van der Waals surface area contributed by atoms with Gasteiger partial charge >= 0.3 is 0 Å². The summed E-state index contributed by atoms with van der Waals surface area (Å²) in [6, 6.07) is 0. The number of rotatable bonds is 2. The summed E-state index contributed by atoms with van der Waals surface area (Å²) in [5.41, 5.74) is 7.66. The summed E-state index contributed by atoms with van der Waals surface area (Å²) in [6.07, 6.45) is 1.81. The quantitative estimate of drug-likeness (QED) is 0.578. The molecule has 0 unspecified atom stereocenters. The van der Waals surface area contributed by atoms with Crippen LogP contribution in [0.2, 0.25) is 0 Å². The van der Waals surface area contributed by atoms with Gasteiger partial charge in [-0.15, -0.1) is 11.6 Å². The predicted molar refractivity (Wildman–Crippen MR) is 59.0 cm³/mol. The van der Waals surface area contributed by atoms with E-state index in [1.54, 1.807) is 6.92 Å². The molecule has 0 saturated carbocycles. The Morgan fingerprint density at radius 2 is 1.92 bits per heavy atom. The minimum Gasteiger partial charge on any atom is -0.400 e. The van der Waals surface area contributed by atoms with E-state index in [1.807, 2.05) is 19.9 Å². The Morgan fingerprint density at radius 3 is 1.92 bits per heavy atom. The molecular weight excluding hydrogens is 209 g/mol. The largest absolute Gasteiger partial charge is 0.400 e. The predicted octanol–water partition coefficient (Wildman–Crippen LogP) is 2.81. The van der Waals surface area contributed by atoms with Crippen molar-refractivity contribution in [2.24, 2.45) is 5.73 Å². The number of carbonyl (C=O) groups excluding carboxylic acids is 1. The maximum atomic E-state index is 10.3. The number of hydrogen-bond acceptors (Lipinski definition) is 2. The second kappa shape index (κ2) is 9.62. The molecule has 0 bridgehead atoms. The summed E-state index contributed by atoms with van der Waals surface area (Å²) in [7, 11) is 0. The van der Waals surface area contributed by atoms with E-state index in [9.17, 15) is 4.79 Å². The molecule has 0 radical (unpaired) electrons. The zero-order valence-corrected chi connectivity index (χ0v) is 9.62. The van der Waals surface area contributed by atoms with E-state index >= 15 is 0 Å². The highest BCUT2D eigenvalue weighted by Gasteiger charge is 1.89. The summed E-state index contributed by atoms with van der Waals surface area (Å²) in [4.78, 5) is 10.3. The highest BCUT2D eigenvalue weighted by molar-refractivity contribution is 6.27. The highest BCUT2D eigenvalue weighted by atomic mass is 35.5. The molecule has 2 nitrogen and oxygen atoms in total. The molecule has 4 heteroatoms. The molecule has 0 aromatic heterocycles. The van der Waals surface area contributed by atoms with Crippen LogP contribution in [-0.4, -0.2) is 11.7 Å². The van der Waals surface area contributed by atoms with Crippen LogP contribution in [-0.2, 0) is 4.79 Å². The number of Topliss-reactive ketones (excluding diaryl/α,β-unsaturated/α-hetero) is 1. The lowest BCUT2D eigenvalue weighted by molar-refractivity contribution is -0.113. The first-order valence-electron chi connectivity index (χ1n) is 3.74. The van der Waals surface area contributed by atoms with Crippen LogP contribution < -0.4 is 5.73 Å². The fraction of sp³-hybridized carbons (Fsp3) is 0.444. The van der Waals surface area contributed by atoms with Crippen LogP contribution in [0, 0.1) is 0 Å². The topological polar surface area (TPSA) is 43.1 Å². The smallest absolute Gasteiger partial charge is 0.155 e. The molecule has 2 N–H and O–H groups in total. The molecule has 0 aliphatic rings. The van der Waals surface area contributed by atoms with Crippen molar-refractivity contribution in [3.05, 3.63) is 22.9 Å². The number of allylic oxidation sites excluding steroid dienone is 3. The van der Waals surface area contributed by atoms with Gasteiger partial charge in [0.1, 0.15) is 0 Å². The third-order valence-corrected chi connectivity index (χ3v) is 1.87. The zero-order chi connectivity index (χ0) is 10.9. The minimum absolute atomic E-state index is 0.155. The molecular formula is C9H15Cl2NO. The van der Waals surface area contributed by atoms with Crippen LogP contribution in [0.5, 0.6) is 0 Å². The van der Waals surface area contributed by atoms with Gasteiger partial charge in [0.15, 0.2) is 5.78 Å². The second-order valence-corrected chi connectivity index (χ2v) is 2.83. The number of nitrogens with two attached hydrogens (primary N) is 1. The molecule has 13 heavy (non-hydrogen) atoms. The van der Waals surface area contributed by atoms with Gasteiger partial charge in [-0.1, -0.05) is 17.7 Å². The molecule has 0 aliphatic carbocycles. The lowest BCUT2D eigenvalue weighted by Crippen LogP contribution is -1.95. The van der Waals surface area contributed by atoms with E-state index in [1.165, 1.54) is 5.54 Å². The SMILES string of the molecule is C/C=C(\C)C(C)=O.N/C(=C\Cl)CCl. The summed E-state index contributed by atoms with van der Waals surface area (Å²) < 4.78 is 0. The van der Waals surface area contributed by atoms with Crippen molar-refractivity contribution in [1.29, 1.82) is 0 Å². The van der Waals surface area contributed by atoms with Crippen molar-refractivity contribution in [2.75, 3.05) is 5.88 Å². The molecule has 0 aliphatic heterocycles. The minimum atomic E-state index is 0.155. The molecule has 0 atom stereocenters. The van der Waals surface area contributed by atoms with E-state index < -0.39 is 0 Å². The van der Waals surface area contributed by atoms with Gasteiger partial charge in [0.25, 0.3) is 0 Å². The molecule has 0 rings (SSSR count). The summed E-state index contributed by atoms with van der Waals surface area (Å²) >= 11 is 10.3. The van der Waals surface area contributed by atoms with E-state index in [0.717, 1.165) is 5.57 Å². The van der Waals surface area contributed by atoms with E-state index in [-0.39, 0.29) is 5.78 Å². The molecule has 0 aromatic rings. The number of halogens is 2. The fourth-order valence-corrected chi connectivity index (χ4v) is 0.466. The number of ketones is 1. The Balaban J connectivity index is 0. The van der Waals surface area contributed by atoms with Gasteiger partial charge < -0.3 is 5.73 Å². The van der Waals surface area contributed by atoms with Crippen LogP contribution in [0.15, 0.2) is 22.9 Å². The van der Waals surface area contributed by atoms with Gasteiger partial charge in [-0.25, -0.2) is 0 Å². The van der Waals surface area contributed by atoms with Gasteiger partial charge in [-0.2, -0.15) is 0 Å². The van der Waals surface area contributed by atoms with Crippen LogP contribution in [0.4, 0.5) is 0 Å². The Bertz CT molecular complexity index is 210. The highest BCUT2D eigenvalue weighted by Crippen LogP contribution is 1.90. The second-order valence-electron chi connectivity index (χ2n) is 2.35. The van der Waals surface area contributed by atoms with Crippen LogP contribution in [0.25, 0.3) is 0 Å². The van der Waals surface area contributed by atoms with Gasteiger partial charge in [0.05, 0.1) is 5.88 Å². The third kappa shape index (κ3) is 11.5. The Hall–Kier alpha value is -0.470. The van der Waals surface area contributed by atoms with E-state index in [0.29, 0.717) is 11.6 Å². The van der Waals surface area contributed by atoms with Crippen LogP contribution in [0.1, 0.15) is 20.8 Å². The first-order valence-corrected chi connectivity index (χ1v) is 4.71. The maximum absolute atomic E-state index is 10.3. The molecule has 76 valence electrons. The van der Waals surface area contributed by atoms with Gasteiger partial charge in [-0.05, 0) is 26.3 Å². The first kappa shape index (κ1) is 15.0. The van der Waals surface area contributed by atoms with Crippen molar-refractivity contribution in [3.8, 4) is 0 Å². The van der Waals surface area contributed by atoms with Crippen molar-refractivity contribution < 1.29 is 4.79 Å². The summed E-state index contributed by atoms with van der Waals surface area (Å²) in [5.74, 6) is 0.464. The van der Waals surface area contributed by atoms with Crippen LogP contribution >= 0.6 is 23.2 Å². The standard InChI is InChI=1S/C6H10O.C3H5Cl2N/c1-4-5(2)6(3)7;4-1-3(6)2-5/h4H,1-3H3;1H,2,6H2/b5-4+;3-1-. The Kier molecular flexibility index (Phi) is 11.1. The van der Waals surface area contributed by atoms with Crippen LogP contribution in [0.3, 0.4) is 0 Å². The van der Waals surface area contributed by atoms with Gasteiger partial charge in [0.2, 0.25) is 0 Å². The molecule has 0 heterocycles. The number of alkyl halides is 1. The maximum Gasteiger partial charge on any atom is 0.155 e. The fourth-order valence-electron chi connectivity index (χ4n) is 0.232. The molecule has 0 saturated heterocycles. The normalized spacial score (nSPS) is 11.8. The van der Waals surface area contributed by atoms with Crippen molar-refractivity contribution in [1.82, 2.24) is 0 Å². The average Bonchev–Trinajstić information content (AvgIpc) is 2.16. The van der Waals surface area contributed by atoms with Gasteiger partial charge in [-0.3, -0.25) is 4.79 Å². The Labute approximate surface area is 89.4 Å². The number of hydrogen-bond donors (Lipinski definition) is 1. The molecule has 0 fully saturated rings. The third-order valence-electron chi connectivity index (χ3n) is 1.28. The lowest BCUT2D eigenvalue weighted by Gasteiger charge is -1.85. The van der Waals surface area contributed by atoms with E-state index in [2.05, 4.69) is 0 Å². The molecule has 0 spiro atoms. The monoisotopic (exact) mass is 223 g/mol. The van der Waals surface area contributed by atoms with Crippen molar-refractivity contribution >= 4 is 29.0 Å². The lowest BCUT2D eigenvalue weighted by atomic mass is 10.2. The van der Waals surface area contributed by atoms with Gasteiger partial charge in [0, 0.05) is 11.2 Å². The first-order chi connectivity index (χ1) is 5.99. The van der Waals surface area contributed by atoms with Crippen molar-refractivity contribution in [2.45, 2.75) is 20.8 Å².